The van der Waals surface area contributed by atoms with Crippen LogP contribution in [0, 0.1) is 13.7 Å². The number of nitrogens with one attached hydrogen (secondary N) is 1. The molecule has 0 fully saturated rings. The molecule has 2 rings (SSSR count). The van der Waals surface area contributed by atoms with Crippen LogP contribution in [-0.4, -0.2) is 20.6 Å². The van der Waals surface area contributed by atoms with Crippen molar-refractivity contribution in [2.24, 2.45) is 0 Å². The Hall–Kier alpha value is -1.97. The number of aromatic nitrogens is 2. The van der Waals surface area contributed by atoms with E-state index in [1.165, 1.54) is 12.1 Å². The van der Waals surface area contributed by atoms with Crippen molar-refractivity contribution < 1.29 is 9.72 Å². The molecule has 2 aromatic rings. The molecule has 0 atom stereocenters. The number of hydrogen-bond donors (Lipinski definition) is 1. The highest BCUT2D eigenvalue weighted by Gasteiger charge is 2.17. The maximum atomic E-state index is 12.3. The summed E-state index contributed by atoms with van der Waals surface area (Å²) in [6.07, 6.45) is 1.59. The lowest BCUT2D eigenvalue weighted by atomic mass is 10.2. The Kier molecular flexibility index (Phi) is 4.56. The molecule has 1 amide bonds. The molecule has 110 valence electrons. The first kappa shape index (κ1) is 15.4. The van der Waals surface area contributed by atoms with Crippen LogP contribution >= 0.6 is 22.6 Å². The molecule has 0 spiro atoms. The summed E-state index contributed by atoms with van der Waals surface area (Å²) in [5, 5.41) is 17.7. The topological polar surface area (TPSA) is 90.1 Å². The van der Waals surface area contributed by atoms with E-state index in [4.69, 9.17) is 0 Å². The van der Waals surface area contributed by atoms with Gasteiger partial charge < -0.3 is 5.32 Å². The number of benzene rings is 1. The fourth-order valence-corrected chi connectivity index (χ4v) is 2.39. The maximum Gasteiger partial charge on any atom is 0.270 e. The van der Waals surface area contributed by atoms with Gasteiger partial charge >= 0.3 is 0 Å². The summed E-state index contributed by atoms with van der Waals surface area (Å²) in [7, 11) is 0. The Morgan fingerprint density at radius 3 is 2.76 bits per heavy atom. The minimum Gasteiger partial charge on any atom is -0.307 e. The summed E-state index contributed by atoms with van der Waals surface area (Å²) in [5.41, 5.74) is 0.152. The van der Waals surface area contributed by atoms with E-state index in [1.807, 2.05) is 36.4 Å². The molecule has 7 nitrogen and oxygen atoms in total. The fourth-order valence-electron chi connectivity index (χ4n) is 1.81. The van der Waals surface area contributed by atoms with Gasteiger partial charge in [0, 0.05) is 27.8 Å². The third-order valence-electron chi connectivity index (χ3n) is 2.81. The Bertz CT molecular complexity index is 696. The number of nitro benzene ring substituents is 1. The Morgan fingerprint density at radius 1 is 1.43 bits per heavy atom. The number of halogens is 1. The summed E-state index contributed by atoms with van der Waals surface area (Å²) < 4.78 is 2.31. The normalized spacial score (nSPS) is 10.7. The van der Waals surface area contributed by atoms with Crippen molar-refractivity contribution in [2.45, 2.75) is 19.9 Å². The molecule has 0 saturated heterocycles. The van der Waals surface area contributed by atoms with Crippen LogP contribution in [0.2, 0.25) is 0 Å². The molecule has 0 unspecified atom stereocenters. The van der Waals surface area contributed by atoms with E-state index in [1.54, 1.807) is 23.0 Å². The molecule has 0 aliphatic heterocycles. The maximum absolute atomic E-state index is 12.3. The second-order valence-corrected chi connectivity index (χ2v) is 5.79. The first-order valence-corrected chi connectivity index (χ1v) is 7.27. The summed E-state index contributed by atoms with van der Waals surface area (Å²) in [5.74, 6) is 0.155. The van der Waals surface area contributed by atoms with Crippen LogP contribution in [0.5, 0.6) is 0 Å². The van der Waals surface area contributed by atoms with Crippen molar-refractivity contribution in [2.75, 3.05) is 5.32 Å². The number of anilines is 1. The molecular weight excluding hydrogens is 387 g/mol. The van der Waals surface area contributed by atoms with Crippen LogP contribution < -0.4 is 5.32 Å². The van der Waals surface area contributed by atoms with Crippen molar-refractivity contribution in [1.82, 2.24) is 9.78 Å². The van der Waals surface area contributed by atoms with Gasteiger partial charge in [0.25, 0.3) is 11.6 Å². The van der Waals surface area contributed by atoms with Crippen LogP contribution in [0.4, 0.5) is 11.5 Å². The molecule has 21 heavy (non-hydrogen) atoms. The standard InChI is InChI=1S/C13H13IN4O3/c1-8(2)17-12(5-6-15-17)16-13(19)10-7-9(18(20)21)3-4-11(10)14/h3-8H,1-2H3,(H,16,19). The highest BCUT2D eigenvalue weighted by atomic mass is 127. The Labute approximate surface area is 134 Å². The SMILES string of the molecule is CC(C)n1nccc1NC(=O)c1cc([N+](=O)[O-])ccc1I. The summed E-state index contributed by atoms with van der Waals surface area (Å²) >= 11 is 1.97. The molecule has 1 N–H and O–H groups in total. The molecular formula is C13H13IN4O3. The van der Waals surface area contributed by atoms with Gasteiger partial charge in [0.15, 0.2) is 0 Å². The van der Waals surface area contributed by atoms with Crippen LogP contribution in [-0.2, 0) is 0 Å². The van der Waals surface area contributed by atoms with Crippen molar-refractivity contribution in [3.63, 3.8) is 0 Å². The van der Waals surface area contributed by atoms with Gasteiger partial charge in [-0.1, -0.05) is 0 Å². The first-order chi connectivity index (χ1) is 9.90. The zero-order chi connectivity index (χ0) is 15.6. The van der Waals surface area contributed by atoms with Crippen LogP contribution in [0.15, 0.2) is 30.5 Å². The zero-order valence-electron chi connectivity index (χ0n) is 11.4. The molecule has 8 heteroatoms. The van der Waals surface area contributed by atoms with Crippen molar-refractivity contribution in [3.8, 4) is 0 Å². The van der Waals surface area contributed by atoms with Gasteiger partial charge in [0.05, 0.1) is 16.7 Å². The quantitative estimate of drug-likeness (QED) is 0.485. The van der Waals surface area contributed by atoms with Gasteiger partial charge in [-0.05, 0) is 42.5 Å². The van der Waals surface area contributed by atoms with Gasteiger partial charge in [0.2, 0.25) is 0 Å². The Balaban J connectivity index is 2.30. The number of carbonyl (C=O) groups is 1. The van der Waals surface area contributed by atoms with Gasteiger partial charge in [-0.3, -0.25) is 14.9 Å². The van der Waals surface area contributed by atoms with E-state index in [-0.39, 0.29) is 17.3 Å². The second kappa shape index (κ2) is 6.20. The molecule has 0 bridgehead atoms. The molecule has 0 saturated carbocycles. The minimum atomic E-state index is -0.523. The Morgan fingerprint density at radius 2 is 2.14 bits per heavy atom. The second-order valence-electron chi connectivity index (χ2n) is 4.63. The lowest BCUT2D eigenvalue weighted by Gasteiger charge is -2.12. The number of amides is 1. The third-order valence-corrected chi connectivity index (χ3v) is 3.75. The predicted octanol–water partition coefficient (Wildman–Crippen LogP) is 3.23. The highest BCUT2D eigenvalue weighted by Crippen LogP contribution is 2.21. The molecule has 0 aliphatic rings. The summed E-state index contributed by atoms with van der Waals surface area (Å²) in [4.78, 5) is 22.6. The van der Waals surface area contributed by atoms with Crippen LogP contribution in [0.3, 0.4) is 0 Å². The van der Waals surface area contributed by atoms with Crippen LogP contribution in [0.1, 0.15) is 30.2 Å². The average molecular weight is 400 g/mol. The van der Waals surface area contributed by atoms with E-state index in [0.717, 1.165) is 0 Å². The number of rotatable bonds is 4. The van der Waals surface area contributed by atoms with E-state index >= 15 is 0 Å². The van der Waals surface area contributed by atoms with Crippen molar-refractivity contribution >= 4 is 40.0 Å². The number of non-ortho nitro benzene ring substituents is 1. The summed E-state index contributed by atoms with van der Waals surface area (Å²) in [6.45, 7) is 3.89. The highest BCUT2D eigenvalue weighted by molar-refractivity contribution is 14.1. The minimum absolute atomic E-state index is 0.0967. The monoisotopic (exact) mass is 400 g/mol. The first-order valence-electron chi connectivity index (χ1n) is 6.19. The molecule has 0 aliphatic carbocycles. The van der Waals surface area contributed by atoms with Crippen molar-refractivity contribution in [3.05, 3.63) is 49.7 Å². The molecule has 1 aromatic heterocycles. The molecule has 0 radical (unpaired) electrons. The number of carbonyl (C=O) groups excluding carboxylic acids is 1. The number of hydrogen-bond acceptors (Lipinski definition) is 4. The number of nitro groups is 1. The summed E-state index contributed by atoms with van der Waals surface area (Å²) in [6, 6.07) is 5.97. The van der Waals surface area contributed by atoms with E-state index < -0.39 is 10.8 Å². The fraction of sp³-hybridized carbons (Fsp3) is 0.231. The third kappa shape index (κ3) is 3.38. The van der Waals surface area contributed by atoms with Crippen molar-refractivity contribution in [1.29, 1.82) is 0 Å². The lowest BCUT2D eigenvalue weighted by molar-refractivity contribution is -0.384. The van der Waals surface area contributed by atoms with E-state index in [0.29, 0.717) is 9.39 Å². The van der Waals surface area contributed by atoms with Crippen LogP contribution in [0.25, 0.3) is 0 Å². The smallest absolute Gasteiger partial charge is 0.270 e. The van der Waals surface area contributed by atoms with E-state index in [9.17, 15) is 14.9 Å². The number of nitrogens with zero attached hydrogens (tertiary/aromatic N) is 3. The van der Waals surface area contributed by atoms with Gasteiger partial charge in [0.1, 0.15) is 5.82 Å². The van der Waals surface area contributed by atoms with Gasteiger partial charge in [-0.15, -0.1) is 0 Å². The average Bonchev–Trinajstić information content (AvgIpc) is 2.87. The van der Waals surface area contributed by atoms with Gasteiger partial charge in [-0.25, -0.2) is 4.68 Å². The predicted molar refractivity (Wildman–Crippen MR) is 86.4 cm³/mol. The van der Waals surface area contributed by atoms with E-state index in [2.05, 4.69) is 10.4 Å². The largest absolute Gasteiger partial charge is 0.307 e. The molecule has 1 aromatic carbocycles. The zero-order valence-corrected chi connectivity index (χ0v) is 13.6. The molecule has 1 heterocycles. The lowest BCUT2D eigenvalue weighted by Crippen LogP contribution is -2.17. The van der Waals surface area contributed by atoms with Gasteiger partial charge in [-0.2, -0.15) is 5.10 Å².